The number of likely N-dealkylation sites (tertiary alicyclic amines) is 1. The molecular formula is C12H20N4O2. The first-order valence-electron chi connectivity index (χ1n) is 6.43. The van der Waals surface area contributed by atoms with Crippen LogP contribution in [0.5, 0.6) is 0 Å². The molecule has 0 aliphatic carbocycles. The second kappa shape index (κ2) is 5.48. The third-order valence-electron chi connectivity index (χ3n) is 3.14. The van der Waals surface area contributed by atoms with Crippen LogP contribution in [0.1, 0.15) is 37.2 Å². The Labute approximate surface area is 107 Å². The van der Waals surface area contributed by atoms with Crippen molar-refractivity contribution in [3.8, 4) is 0 Å². The van der Waals surface area contributed by atoms with E-state index in [1.54, 1.807) is 15.8 Å². The van der Waals surface area contributed by atoms with Gasteiger partial charge in [-0.2, -0.15) is 0 Å². The lowest BCUT2D eigenvalue weighted by Crippen LogP contribution is -2.29. The van der Waals surface area contributed by atoms with Crippen molar-refractivity contribution >= 4 is 5.91 Å². The van der Waals surface area contributed by atoms with Crippen LogP contribution in [0.2, 0.25) is 0 Å². The molecule has 1 amide bonds. The normalized spacial score (nSPS) is 19.8. The zero-order chi connectivity index (χ0) is 13.1. The molecule has 1 atom stereocenters. The van der Waals surface area contributed by atoms with Crippen molar-refractivity contribution in [2.24, 2.45) is 5.92 Å². The van der Waals surface area contributed by atoms with E-state index in [1.807, 2.05) is 0 Å². The van der Waals surface area contributed by atoms with Crippen LogP contribution in [0, 0.1) is 5.92 Å². The maximum absolute atomic E-state index is 12.0. The van der Waals surface area contributed by atoms with Crippen LogP contribution < -0.4 is 0 Å². The van der Waals surface area contributed by atoms with E-state index in [1.165, 1.54) is 0 Å². The third kappa shape index (κ3) is 3.07. The number of carbonyl (C=O) groups excluding carboxylic acids is 1. The van der Waals surface area contributed by atoms with Crippen molar-refractivity contribution in [3.05, 3.63) is 11.9 Å². The number of aromatic nitrogens is 3. The Morgan fingerprint density at radius 1 is 1.61 bits per heavy atom. The van der Waals surface area contributed by atoms with Crippen LogP contribution in [-0.2, 0) is 6.54 Å². The van der Waals surface area contributed by atoms with Crippen molar-refractivity contribution in [1.82, 2.24) is 19.9 Å². The predicted octanol–water partition coefficient (Wildman–Crippen LogP) is 0.531. The highest BCUT2D eigenvalue weighted by atomic mass is 16.3. The lowest BCUT2D eigenvalue weighted by atomic mass is 10.1. The average molecular weight is 252 g/mol. The fraction of sp³-hybridized carbons (Fsp3) is 0.750. The number of rotatable bonds is 4. The Morgan fingerprint density at radius 2 is 2.39 bits per heavy atom. The molecule has 0 radical (unpaired) electrons. The number of nitrogens with zero attached hydrogens (tertiary/aromatic N) is 4. The summed E-state index contributed by atoms with van der Waals surface area (Å²) in [5.74, 6) is 0.462. The third-order valence-corrected chi connectivity index (χ3v) is 3.14. The maximum atomic E-state index is 12.0. The minimum absolute atomic E-state index is 0.137. The number of aliphatic hydroxyl groups excluding tert-OH is 1. The monoisotopic (exact) mass is 252 g/mol. The average Bonchev–Trinajstić information content (AvgIpc) is 2.94. The van der Waals surface area contributed by atoms with E-state index in [0.29, 0.717) is 31.1 Å². The van der Waals surface area contributed by atoms with Crippen molar-refractivity contribution in [1.29, 1.82) is 0 Å². The molecule has 1 fully saturated rings. The minimum atomic E-state index is -0.398. The molecule has 100 valence electrons. The van der Waals surface area contributed by atoms with E-state index in [9.17, 15) is 9.90 Å². The highest BCUT2D eigenvalue weighted by molar-refractivity contribution is 5.92. The smallest absolute Gasteiger partial charge is 0.276 e. The van der Waals surface area contributed by atoms with Gasteiger partial charge in [0.25, 0.3) is 5.91 Å². The Morgan fingerprint density at radius 3 is 3.00 bits per heavy atom. The molecule has 1 aromatic rings. The Bertz CT molecular complexity index is 416. The highest BCUT2D eigenvalue weighted by Gasteiger charge is 2.26. The van der Waals surface area contributed by atoms with Crippen molar-refractivity contribution in [2.45, 2.75) is 39.3 Å². The predicted molar refractivity (Wildman–Crippen MR) is 66.0 cm³/mol. The summed E-state index contributed by atoms with van der Waals surface area (Å²) in [6.45, 7) is 6.07. The fourth-order valence-corrected chi connectivity index (χ4v) is 1.98. The standard InChI is InChI=1S/C12H20N4O2/c1-9(2)3-6-16-8-11(13-14-16)12(18)15-5-4-10(17)7-15/h8-10,17H,3-7H2,1-2H3/t10-/m1/s1. The molecule has 2 rings (SSSR count). The second-order valence-corrected chi connectivity index (χ2v) is 5.24. The van der Waals surface area contributed by atoms with E-state index in [2.05, 4.69) is 24.2 Å². The van der Waals surface area contributed by atoms with Gasteiger partial charge in [-0.15, -0.1) is 5.10 Å². The number of β-amino-alcohol motifs (C(OH)–C–C–N with tert-alkyl or cyclic N) is 1. The molecule has 0 saturated carbocycles. The summed E-state index contributed by atoms with van der Waals surface area (Å²) in [5, 5.41) is 17.3. The van der Waals surface area contributed by atoms with Crippen molar-refractivity contribution < 1.29 is 9.90 Å². The van der Waals surface area contributed by atoms with Crippen LogP contribution >= 0.6 is 0 Å². The van der Waals surface area contributed by atoms with Gasteiger partial charge in [-0.3, -0.25) is 9.48 Å². The molecule has 1 saturated heterocycles. The number of carbonyl (C=O) groups is 1. The van der Waals surface area contributed by atoms with Gasteiger partial charge in [-0.1, -0.05) is 19.1 Å². The molecule has 1 aromatic heterocycles. The molecule has 0 unspecified atom stereocenters. The quantitative estimate of drug-likeness (QED) is 0.848. The molecule has 1 N–H and O–H groups in total. The topological polar surface area (TPSA) is 71.2 Å². The van der Waals surface area contributed by atoms with Gasteiger partial charge in [0, 0.05) is 19.6 Å². The van der Waals surface area contributed by atoms with Gasteiger partial charge in [-0.05, 0) is 18.8 Å². The van der Waals surface area contributed by atoms with Crippen molar-refractivity contribution in [3.63, 3.8) is 0 Å². The summed E-state index contributed by atoms with van der Waals surface area (Å²) in [7, 11) is 0. The summed E-state index contributed by atoms with van der Waals surface area (Å²) in [5.41, 5.74) is 0.368. The summed E-state index contributed by atoms with van der Waals surface area (Å²) in [4.78, 5) is 13.7. The van der Waals surface area contributed by atoms with Gasteiger partial charge in [0.15, 0.2) is 5.69 Å². The summed E-state index contributed by atoms with van der Waals surface area (Å²) in [6, 6.07) is 0. The summed E-state index contributed by atoms with van der Waals surface area (Å²) >= 11 is 0. The first-order valence-corrected chi connectivity index (χ1v) is 6.43. The number of aryl methyl sites for hydroxylation is 1. The molecule has 0 aromatic carbocycles. The molecule has 2 heterocycles. The lowest BCUT2D eigenvalue weighted by molar-refractivity contribution is 0.0759. The van der Waals surface area contributed by atoms with Gasteiger partial charge in [0.2, 0.25) is 0 Å². The first kappa shape index (κ1) is 13.0. The number of hydrogen-bond donors (Lipinski definition) is 1. The van der Waals surface area contributed by atoms with Gasteiger partial charge in [0.1, 0.15) is 0 Å². The highest BCUT2D eigenvalue weighted by Crippen LogP contribution is 2.12. The number of aliphatic hydroxyl groups is 1. The molecule has 0 spiro atoms. The van der Waals surface area contributed by atoms with Gasteiger partial charge in [-0.25, -0.2) is 0 Å². The number of amides is 1. The van der Waals surface area contributed by atoms with Crippen LogP contribution in [-0.4, -0.2) is 50.1 Å². The van der Waals surface area contributed by atoms with Crippen LogP contribution in [0.4, 0.5) is 0 Å². The molecule has 18 heavy (non-hydrogen) atoms. The zero-order valence-electron chi connectivity index (χ0n) is 10.9. The van der Waals surface area contributed by atoms with Gasteiger partial charge >= 0.3 is 0 Å². The van der Waals surface area contributed by atoms with Crippen LogP contribution in [0.3, 0.4) is 0 Å². The molecule has 1 aliphatic heterocycles. The molecular weight excluding hydrogens is 232 g/mol. The Kier molecular flexibility index (Phi) is 3.96. The molecule has 6 heteroatoms. The number of hydrogen-bond acceptors (Lipinski definition) is 4. The van der Waals surface area contributed by atoms with E-state index in [0.717, 1.165) is 13.0 Å². The van der Waals surface area contributed by atoms with E-state index < -0.39 is 6.10 Å². The first-order chi connectivity index (χ1) is 8.56. The van der Waals surface area contributed by atoms with E-state index >= 15 is 0 Å². The van der Waals surface area contributed by atoms with Gasteiger partial charge < -0.3 is 10.0 Å². The zero-order valence-corrected chi connectivity index (χ0v) is 10.9. The molecule has 0 bridgehead atoms. The van der Waals surface area contributed by atoms with Gasteiger partial charge in [0.05, 0.1) is 12.3 Å². The summed E-state index contributed by atoms with van der Waals surface area (Å²) < 4.78 is 1.71. The lowest BCUT2D eigenvalue weighted by Gasteiger charge is -2.12. The Hall–Kier alpha value is -1.43. The minimum Gasteiger partial charge on any atom is -0.391 e. The second-order valence-electron chi connectivity index (χ2n) is 5.24. The van der Waals surface area contributed by atoms with Crippen molar-refractivity contribution in [2.75, 3.05) is 13.1 Å². The van der Waals surface area contributed by atoms with E-state index in [-0.39, 0.29) is 5.91 Å². The SMILES string of the molecule is CC(C)CCn1cc(C(=O)N2CC[C@@H](O)C2)nn1. The van der Waals surface area contributed by atoms with E-state index in [4.69, 9.17) is 0 Å². The fourth-order valence-electron chi connectivity index (χ4n) is 1.98. The summed E-state index contributed by atoms with van der Waals surface area (Å²) in [6.07, 6.45) is 2.95. The van der Waals surface area contributed by atoms with Crippen LogP contribution in [0.15, 0.2) is 6.20 Å². The van der Waals surface area contributed by atoms with Crippen LogP contribution in [0.25, 0.3) is 0 Å². The largest absolute Gasteiger partial charge is 0.391 e. The molecule has 6 nitrogen and oxygen atoms in total. The maximum Gasteiger partial charge on any atom is 0.276 e. The molecule has 1 aliphatic rings. The Balaban J connectivity index is 1.95.